The van der Waals surface area contributed by atoms with Crippen molar-refractivity contribution in [1.82, 2.24) is 19.7 Å². The predicted molar refractivity (Wildman–Crippen MR) is 98.0 cm³/mol. The molecule has 0 saturated heterocycles. The molecule has 3 rings (SSSR count). The first-order valence-electron chi connectivity index (χ1n) is 7.99. The molecule has 0 saturated carbocycles. The third-order valence-corrected chi connectivity index (χ3v) is 3.73. The van der Waals surface area contributed by atoms with E-state index in [2.05, 4.69) is 15.2 Å². The van der Waals surface area contributed by atoms with Crippen LogP contribution < -0.4 is 0 Å². The van der Waals surface area contributed by atoms with Gasteiger partial charge in [-0.05, 0) is 17.7 Å². The predicted octanol–water partition coefficient (Wildman–Crippen LogP) is 2.53. The van der Waals surface area contributed by atoms with Crippen molar-refractivity contribution in [3.05, 3.63) is 83.7 Å². The number of aliphatic carboxylic acids is 1. The highest BCUT2D eigenvalue weighted by Crippen LogP contribution is 2.19. The zero-order valence-corrected chi connectivity index (χ0v) is 14.1. The first-order valence-corrected chi connectivity index (χ1v) is 7.99. The third-order valence-electron chi connectivity index (χ3n) is 3.73. The topological polar surface area (TPSA) is 121 Å². The number of hydrogen-bond acceptors (Lipinski definition) is 5. The number of aliphatic hydroxyl groups is 1. The molecule has 0 aliphatic heterocycles. The molecule has 2 aromatic heterocycles. The van der Waals surface area contributed by atoms with Gasteiger partial charge in [-0.1, -0.05) is 30.3 Å². The minimum atomic E-state index is -1.08. The van der Waals surface area contributed by atoms with Crippen LogP contribution in [0.25, 0.3) is 11.8 Å². The number of hydrogen-bond donors (Lipinski definition) is 3. The first kappa shape index (κ1) is 17.9. The van der Waals surface area contributed by atoms with Crippen molar-refractivity contribution in [2.24, 2.45) is 0 Å². The summed E-state index contributed by atoms with van der Waals surface area (Å²) in [5.41, 5.74) is 1.96. The summed E-state index contributed by atoms with van der Waals surface area (Å²) in [6.45, 7) is 0.476. The van der Waals surface area contributed by atoms with Crippen molar-refractivity contribution >= 4 is 23.6 Å². The van der Waals surface area contributed by atoms with Crippen molar-refractivity contribution in [3.8, 4) is 0 Å². The van der Waals surface area contributed by atoms with E-state index in [1.54, 1.807) is 16.8 Å². The molecule has 0 aliphatic carbocycles. The molecule has 27 heavy (non-hydrogen) atoms. The van der Waals surface area contributed by atoms with Crippen LogP contribution in [0.3, 0.4) is 0 Å². The van der Waals surface area contributed by atoms with E-state index >= 15 is 0 Å². The van der Waals surface area contributed by atoms with E-state index in [1.165, 1.54) is 12.4 Å². The Morgan fingerprint density at radius 3 is 2.63 bits per heavy atom. The Kier molecular flexibility index (Phi) is 5.27. The molecule has 0 fully saturated rings. The van der Waals surface area contributed by atoms with E-state index in [0.717, 1.165) is 17.7 Å². The number of carboxylic acid groups (broad SMARTS) is 1. The van der Waals surface area contributed by atoms with Gasteiger partial charge in [-0.15, -0.1) is 0 Å². The molecule has 0 amide bonds. The Morgan fingerprint density at radius 1 is 1.19 bits per heavy atom. The van der Waals surface area contributed by atoms with E-state index in [-0.39, 0.29) is 11.6 Å². The molecule has 0 aliphatic rings. The van der Waals surface area contributed by atoms with Gasteiger partial charge in [0.1, 0.15) is 12.1 Å². The smallest absolute Gasteiger partial charge is 0.328 e. The van der Waals surface area contributed by atoms with Gasteiger partial charge in [0.15, 0.2) is 5.82 Å². The molecule has 3 N–H and O–H groups in total. The van der Waals surface area contributed by atoms with Gasteiger partial charge in [0.25, 0.3) is 0 Å². The minimum Gasteiger partial charge on any atom is -0.507 e. The van der Waals surface area contributed by atoms with E-state index in [1.807, 2.05) is 30.3 Å². The Balaban J connectivity index is 1.92. The monoisotopic (exact) mass is 364 g/mol. The number of allylic oxidation sites excluding steroid dienone is 1. The standard InChI is InChI=1S/C19H16N4O4/c24-16(9-17(25)19-20-12-21-22-19)14-8-15(6-7-18(26)27)23(11-14)10-13-4-2-1-3-5-13/h1-9,11-12,24H,10H2,(H,26,27)(H,20,21,22). The molecule has 0 unspecified atom stereocenters. The van der Waals surface area contributed by atoms with Crippen LogP contribution in [0.1, 0.15) is 27.4 Å². The van der Waals surface area contributed by atoms with Crippen molar-refractivity contribution in [2.75, 3.05) is 0 Å². The molecule has 0 bridgehead atoms. The molecule has 1 aromatic carbocycles. The fraction of sp³-hybridized carbons (Fsp3) is 0.0526. The van der Waals surface area contributed by atoms with Crippen LogP contribution in [-0.2, 0) is 11.3 Å². The van der Waals surface area contributed by atoms with Crippen LogP contribution in [0.15, 0.2) is 61.1 Å². The van der Waals surface area contributed by atoms with Gasteiger partial charge in [0, 0.05) is 36.2 Å². The number of ketones is 1. The first-order chi connectivity index (χ1) is 13.0. The van der Waals surface area contributed by atoms with Gasteiger partial charge >= 0.3 is 5.97 Å². The fourth-order valence-electron chi connectivity index (χ4n) is 2.48. The number of benzene rings is 1. The molecule has 0 atom stereocenters. The summed E-state index contributed by atoms with van der Waals surface area (Å²) < 4.78 is 1.78. The lowest BCUT2D eigenvalue weighted by atomic mass is 10.2. The van der Waals surface area contributed by atoms with Crippen molar-refractivity contribution < 1.29 is 19.8 Å². The quantitative estimate of drug-likeness (QED) is 0.336. The maximum atomic E-state index is 12.0. The van der Waals surface area contributed by atoms with Gasteiger partial charge in [-0.3, -0.25) is 9.89 Å². The van der Waals surface area contributed by atoms with Crippen molar-refractivity contribution in [1.29, 1.82) is 0 Å². The van der Waals surface area contributed by atoms with Crippen LogP contribution in [-0.4, -0.2) is 41.7 Å². The summed E-state index contributed by atoms with van der Waals surface area (Å²) in [5.74, 6) is -1.85. The molecule has 8 nitrogen and oxygen atoms in total. The largest absolute Gasteiger partial charge is 0.507 e. The average Bonchev–Trinajstić information content (AvgIpc) is 3.31. The summed E-state index contributed by atoms with van der Waals surface area (Å²) in [4.78, 5) is 26.6. The van der Waals surface area contributed by atoms with Crippen LogP contribution in [0, 0.1) is 0 Å². The number of aliphatic hydroxyl groups excluding tert-OH is 1. The highest BCUT2D eigenvalue weighted by atomic mass is 16.4. The number of aromatic amines is 1. The summed E-state index contributed by atoms with van der Waals surface area (Å²) in [6, 6.07) is 11.2. The number of carbonyl (C=O) groups excluding carboxylic acids is 1. The Hall–Kier alpha value is -3.94. The number of carboxylic acids is 1. The van der Waals surface area contributed by atoms with Gasteiger partial charge in [-0.2, -0.15) is 5.10 Å². The van der Waals surface area contributed by atoms with E-state index in [9.17, 15) is 14.7 Å². The zero-order chi connectivity index (χ0) is 19.2. The second-order valence-corrected chi connectivity index (χ2v) is 5.67. The molecule has 0 radical (unpaired) electrons. The number of nitrogens with zero attached hydrogens (tertiary/aromatic N) is 3. The summed E-state index contributed by atoms with van der Waals surface area (Å²) >= 11 is 0. The second-order valence-electron chi connectivity index (χ2n) is 5.67. The highest BCUT2D eigenvalue weighted by molar-refractivity contribution is 6.05. The van der Waals surface area contributed by atoms with Crippen molar-refractivity contribution in [3.63, 3.8) is 0 Å². The van der Waals surface area contributed by atoms with Crippen LogP contribution >= 0.6 is 0 Å². The summed E-state index contributed by atoms with van der Waals surface area (Å²) in [7, 11) is 0. The minimum absolute atomic E-state index is 0.0104. The Labute approximate surface area is 154 Å². The molecule has 0 spiro atoms. The Morgan fingerprint density at radius 2 is 1.96 bits per heavy atom. The molecular weight excluding hydrogens is 348 g/mol. The zero-order valence-electron chi connectivity index (χ0n) is 14.1. The lowest BCUT2D eigenvalue weighted by molar-refractivity contribution is -0.131. The van der Waals surface area contributed by atoms with Gasteiger partial charge in [0.05, 0.1) is 0 Å². The highest BCUT2D eigenvalue weighted by Gasteiger charge is 2.12. The summed E-state index contributed by atoms with van der Waals surface area (Å²) in [6.07, 6.45) is 6.33. The Bertz CT molecular complexity index is 1000. The average molecular weight is 364 g/mol. The summed E-state index contributed by atoms with van der Waals surface area (Å²) in [5, 5.41) is 25.2. The van der Waals surface area contributed by atoms with E-state index < -0.39 is 11.8 Å². The molecule has 8 heteroatoms. The van der Waals surface area contributed by atoms with Crippen LogP contribution in [0.4, 0.5) is 0 Å². The maximum Gasteiger partial charge on any atom is 0.328 e. The van der Waals surface area contributed by atoms with Crippen molar-refractivity contribution in [2.45, 2.75) is 6.54 Å². The molecule has 136 valence electrons. The lowest BCUT2D eigenvalue weighted by Crippen LogP contribution is -2.00. The van der Waals surface area contributed by atoms with Gasteiger partial charge < -0.3 is 14.8 Å². The SMILES string of the molecule is O=C(O)C=Cc1cc(C(O)=CC(=O)c2ncn[nH]2)cn1Cc1ccccc1. The third kappa shape index (κ3) is 4.57. The van der Waals surface area contributed by atoms with Crippen LogP contribution in [0.5, 0.6) is 0 Å². The molecule has 3 aromatic rings. The van der Waals surface area contributed by atoms with Gasteiger partial charge in [0.2, 0.25) is 5.78 Å². The lowest BCUT2D eigenvalue weighted by Gasteiger charge is -2.06. The maximum absolute atomic E-state index is 12.0. The normalized spacial score (nSPS) is 11.8. The number of rotatable bonds is 7. The van der Waals surface area contributed by atoms with Gasteiger partial charge in [-0.25, -0.2) is 9.78 Å². The number of carbonyl (C=O) groups is 2. The number of aromatic nitrogens is 4. The number of H-pyrrole nitrogens is 1. The van der Waals surface area contributed by atoms with Crippen LogP contribution in [0.2, 0.25) is 0 Å². The number of nitrogens with one attached hydrogen (secondary N) is 1. The molecular formula is C19H16N4O4. The second kappa shape index (κ2) is 7.96. The van der Waals surface area contributed by atoms with E-state index in [0.29, 0.717) is 17.8 Å². The fourth-order valence-corrected chi connectivity index (χ4v) is 2.48. The van der Waals surface area contributed by atoms with E-state index in [4.69, 9.17) is 5.11 Å². The molecule has 2 heterocycles.